The first-order valence-corrected chi connectivity index (χ1v) is 6.80. The second kappa shape index (κ2) is 6.37. The van der Waals surface area contributed by atoms with E-state index in [0.29, 0.717) is 5.75 Å². The van der Waals surface area contributed by atoms with E-state index in [-0.39, 0.29) is 17.5 Å². The molecule has 0 heterocycles. The van der Waals surface area contributed by atoms with E-state index in [9.17, 15) is 10.1 Å². The van der Waals surface area contributed by atoms with Gasteiger partial charge in [0.1, 0.15) is 5.75 Å². The minimum Gasteiger partial charge on any atom is -0.450 e. The lowest BCUT2D eigenvalue weighted by atomic mass is 10.0. The van der Waals surface area contributed by atoms with Crippen LogP contribution in [0.3, 0.4) is 0 Å². The van der Waals surface area contributed by atoms with Gasteiger partial charge in [0.15, 0.2) is 0 Å². The number of aryl methyl sites for hydroxylation is 1. The molecular weight excluding hydrogens is 268 g/mol. The summed E-state index contributed by atoms with van der Waals surface area (Å²) in [6.07, 6.45) is 0.760. The smallest absolute Gasteiger partial charge is 0.311 e. The number of ether oxygens (including phenoxy) is 1. The molecule has 2 N–H and O–H groups in total. The predicted octanol–water partition coefficient (Wildman–Crippen LogP) is 4.11. The van der Waals surface area contributed by atoms with E-state index in [1.54, 1.807) is 18.2 Å². The first-order chi connectivity index (χ1) is 10.0. The van der Waals surface area contributed by atoms with Crippen LogP contribution < -0.4 is 10.5 Å². The molecule has 0 amide bonds. The fraction of sp³-hybridized carbons (Fsp3) is 0.250. The monoisotopic (exact) mass is 286 g/mol. The fourth-order valence-corrected chi connectivity index (χ4v) is 2.07. The molecule has 0 aliphatic rings. The fourth-order valence-electron chi connectivity index (χ4n) is 2.07. The number of nitrogens with zero attached hydrogens (tertiary/aromatic N) is 1. The zero-order valence-corrected chi connectivity index (χ0v) is 12.1. The third-order valence-electron chi connectivity index (χ3n) is 3.29. The van der Waals surface area contributed by atoms with Crippen molar-refractivity contribution in [2.45, 2.75) is 26.3 Å². The molecule has 0 aromatic heterocycles. The van der Waals surface area contributed by atoms with Crippen molar-refractivity contribution in [2.75, 3.05) is 0 Å². The summed E-state index contributed by atoms with van der Waals surface area (Å²) in [7, 11) is 0. The van der Waals surface area contributed by atoms with Crippen LogP contribution in [0.4, 0.5) is 5.69 Å². The third kappa shape index (κ3) is 3.38. The van der Waals surface area contributed by atoms with Gasteiger partial charge in [0.25, 0.3) is 0 Å². The molecule has 2 rings (SSSR count). The maximum absolute atomic E-state index is 11.1. The maximum Gasteiger partial charge on any atom is 0.311 e. The molecule has 110 valence electrons. The van der Waals surface area contributed by atoms with Gasteiger partial charge in [-0.1, -0.05) is 31.2 Å². The Bertz CT molecular complexity index is 656. The van der Waals surface area contributed by atoms with E-state index in [0.717, 1.165) is 17.5 Å². The van der Waals surface area contributed by atoms with Gasteiger partial charge in [-0.3, -0.25) is 10.1 Å². The Kier molecular flexibility index (Phi) is 4.55. The molecule has 0 radical (unpaired) electrons. The summed E-state index contributed by atoms with van der Waals surface area (Å²) in [5, 5.41) is 11.1. The number of rotatable bonds is 5. The molecule has 0 saturated heterocycles. The predicted molar refractivity (Wildman–Crippen MR) is 81.6 cm³/mol. The number of hydrogen-bond donors (Lipinski definition) is 1. The van der Waals surface area contributed by atoms with Gasteiger partial charge in [-0.2, -0.15) is 0 Å². The van der Waals surface area contributed by atoms with E-state index >= 15 is 0 Å². The van der Waals surface area contributed by atoms with E-state index in [2.05, 4.69) is 0 Å². The van der Waals surface area contributed by atoms with Gasteiger partial charge in [0, 0.05) is 17.7 Å². The van der Waals surface area contributed by atoms with Crippen LogP contribution in [0.15, 0.2) is 42.5 Å². The number of nitro benzene ring substituents is 1. The quantitative estimate of drug-likeness (QED) is 0.662. The normalized spacial score (nSPS) is 12.0. The summed E-state index contributed by atoms with van der Waals surface area (Å²) >= 11 is 0. The van der Waals surface area contributed by atoms with Crippen molar-refractivity contribution >= 4 is 5.69 Å². The SMILES string of the molecule is CCC(N)c1ccccc1Oc1cc(C)ccc1[N+](=O)[O-]. The molecule has 0 spiro atoms. The largest absolute Gasteiger partial charge is 0.450 e. The van der Waals surface area contributed by atoms with Gasteiger partial charge in [-0.15, -0.1) is 0 Å². The first-order valence-electron chi connectivity index (χ1n) is 6.80. The van der Waals surface area contributed by atoms with E-state index < -0.39 is 4.92 Å². The van der Waals surface area contributed by atoms with Crippen molar-refractivity contribution in [1.82, 2.24) is 0 Å². The molecule has 5 nitrogen and oxygen atoms in total. The first kappa shape index (κ1) is 15.0. The number of nitro groups is 1. The lowest BCUT2D eigenvalue weighted by molar-refractivity contribution is -0.385. The Hall–Kier alpha value is -2.40. The molecule has 2 aromatic rings. The zero-order valence-electron chi connectivity index (χ0n) is 12.1. The number of nitrogens with two attached hydrogens (primary N) is 1. The summed E-state index contributed by atoms with van der Waals surface area (Å²) < 4.78 is 5.78. The summed E-state index contributed by atoms with van der Waals surface area (Å²) in [6.45, 7) is 3.84. The van der Waals surface area contributed by atoms with Crippen molar-refractivity contribution in [3.63, 3.8) is 0 Å². The molecule has 2 aromatic carbocycles. The second-order valence-corrected chi connectivity index (χ2v) is 4.88. The van der Waals surface area contributed by atoms with Crippen LogP contribution in [-0.4, -0.2) is 4.92 Å². The van der Waals surface area contributed by atoms with Crippen LogP contribution in [0.1, 0.15) is 30.5 Å². The van der Waals surface area contributed by atoms with Crippen LogP contribution in [0.2, 0.25) is 0 Å². The van der Waals surface area contributed by atoms with E-state index in [1.807, 2.05) is 32.0 Å². The highest BCUT2D eigenvalue weighted by Gasteiger charge is 2.18. The Morgan fingerprint density at radius 3 is 2.62 bits per heavy atom. The maximum atomic E-state index is 11.1. The third-order valence-corrected chi connectivity index (χ3v) is 3.29. The second-order valence-electron chi connectivity index (χ2n) is 4.88. The van der Waals surface area contributed by atoms with E-state index in [1.165, 1.54) is 6.07 Å². The molecule has 0 aliphatic heterocycles. The Morgan fingerprint density at radius 2 is 1.95 bits per heavy atom. The zero-order chi connectivity index (χ0) is 15.4. The van der Waals surface area contributed by atoms with Crippen LogP contribution in [0, 0.1) is 17.0 Å². The van der Waals surface area contributed by atoms with Crippen molar-refractivity contribution < 1.29 is 9.66 Å². The number of benzene rings is 2. The molecule has 0 aliphatic carbocycles. The Morgan fingerprint density at radius 1 is 1.24 bits per heavy atom. The molecular formula is C16H18N2O3. The molecule has 0 saturated carbocycles. The standard InChI is InChI=1S/C16H18N2O3/c1-3-13(17)12-6-4-5-7-15(12)21-16-10-11(2)8-9-14(16)18(19)20/h4-10,13H,3,17H2,1-2H3. The lowest BCUT2D eigenvalue weighted by Gasteiger charge is -2.15. The van der Waals surface area contributed by atoms with Crippen LogP contribution in [-0.2, 0) is 0 Å². The summed E-state index contributed by atoms with van der Waals surface area (Å²) in [5.74, 6) is 0.788. The van der Waals surface area contributed by atoms with Gasteiger partial charge in [-0.25, -0.2) is 0 Å². The number of para-hydroxylation sites is 1. The van der Waals surface area contributed by atoms with Gasteiger partial charge in [0.2, 0.25) is 5.75 Å². The molecule has 21 heavy (non-hydrogen) atoms. The van der Waals surface area contributed by atoms with Crippen LogP contribution >= 0.6 is 0 Å². The molecule has 5 heteroatoms. The van der Waals surface area contributed by atoms with Gasteiger partial charge in [0.05, 0.1) is 4.92 Å². The van der Waals surface area contributed by atoms with Crippen LogP contribution in [0.25, 0.3) is 0 Å². The van der Waals surface area contributed by atoms with E-state index in [4.69, 9.17) is 10.5 Å². The van der Waals surface area contributed by atoms with Crippen molar-refractivity contribution in [2.24, 2.45) is 5.73 Å². The highest BCUT2D eigenvalue weighted by atomic mass is 16.6. The van der Waals surface area contributed by atoms with Crippen molar-refractivity contribution in [3.05, 3.63) is 63.7 Å². The summed E-state index contributed by atoms with van der Waals surface area (Å²) in [6, 6.07) is 12.0. The Labute approximate surface area is 123 Å². The number of hydrogen-bond acceptors (Lipinski definition) is 4. The molecule has 0 bridgehead atoms. The van der Waals surface area contributed by atoms with Gasteiger partial charge in [-0.05, 0) is 31.0 Å². The highest BCUT2D eigenvalue weighted by Crippen LogP contribution is 2.35. The van der Waals surface area contributed by atoms with Gasteiger partial charge < -0.3 is 10.5 Å². The van der Waals surface area contributed by atoms with Crippen LogP contribution in [0.5, 0.6) is 11.5 Å². The minimum atomic E-state index is -0.447. The summed E-state index contributed by atoms with van der Waals surface area (Å²) in [4.78, 5) is 10.7. The Balaban J connectivity index is 2.43. The van der Waals surface area contributed by atoms with Crippen molar-refractivity contribution in [1.29, 1.82) is 0 Å². The topological polar surface area (TPSA) is 78.4 Å². The summed E-state index contributed by atoms with van der Waals surface area (Å²) in [5.41, 5.74) is 7.75. The molecule has 1 atom stereocenters. The molecule has 1 unspecified atom stereocenters. The highest BCUT2D eigenvalue weighted by molar-refractivity contribution is 5.51. The van der Waals surface area contributed by atoms with Gasteiger partial charge >= 0.3 is 5.69 Å². The average Bonchev–Trinajstić information content (AvgIpc) is 2.47. The average molecular weight is 286 g/mol. The lowest BCUT2D eigenvalue weighted by Crippen LogP contribution is -2.10. The van der Waals surface area contributed by atoms with Crippen molar-refractivity contribution in [3.8, 4) is 11.5 Å². The molecule has 0 fully saturated rings. The minimum absolute atomic E-state index is 0.0551.